The Morgan fingerprint density at radius 3 is 2.38 bits per heavy atom. The van der Waals surface area contributed by atoms with Gasteiger partial charge in [0.25, 0.3) is 0 Å². The molecule has 1 fully saturated rings. The van der Waals surface area contributed by atoms with Gasteiger partial charge >= 0.3 is 12.0 Å². The number of carboxylic acids is 1. The van der Waals surface area contributed by atoms with Gasteiger partial charge in [0.2, 0.25) is 0 Å². The van der Waals surface area contributed by atoms with E-state index < -0.39 is 5.97 Å². The molecule has 0 saturated heterocycles. The van der Waals surface area contributed by atoms with Crippen LogP contribution < -0.4 is 10.6 Å². The highest BCUT2D eigenvalue weighted by Crippen LogP contribution is 2.27. The van der Waals surface area contributed by atoms with Crippen LogP contribution in [0.25, 0.3) is 0 Å². The van der Waals surface area contributed by atoms with Gasteiger partial charge in [-0.15, -0.1) is 0 Å². The summed E-state index contributed by atoms with van der Waals surface area (Å²) >= 11 is 0. The summed E-state index contributed by atoms with van der Waals surface area (Å²) in [5.74, 6) is -0.351. The molecule has 0 aromatic carbocycles. The van der Waals surface area contributed by atoms with Gasteiger partial charge in [-0.05, 0) is 24.2 Å². The molecular weight excluding hydrogens is 268 g/mol. The van der Waals surface area contributed by atoms with Gasteiger partial charge in [-0.2, -0.15) is 0 Å². The van der Waals surface area contributed by atoms with Gasteiger partial charge in [-0.3, -0.25) is 4.79 Å². The van der Waals surface area contributed by atoms with Gasteiger partial charge in [-0.1, -0.05) is 47.0 Å². The monoisotopic (exact) mass is 298 g/mol. The highest BCUT2D eigenvalue weighted by Gasteiger charge is 2.30. The lowest BCUT2D eigenvalue weighted by Crippen LogP contribution is -2.53. The number of rotatable bonds is 5. The molecule has 3 N–H and O–H groups in total. The van der Waals surface area contributed by atoms with Crippen molar-refractivity contribution in [2.75, 3.05) is 0 Å². The van der Waals surface area contributed by atoms with E-state index in [0.29, 0.717) is 5.92 Å². The van der Waals surface area contributed by atoms with Crippen molar-refractivity contribution in [3.63, 3.8) is 0 Å². The van der Waals surface area contributed by atoms with Crippen LogP contribution in [-0.2, 0) is 4.79 Å². The van der Waals surface area contributed by atoms with Crippen LogP contribution >= 0.6 is 0 Å². The van der Waals surface area contributed by atoms with Crippen LogP contribution in [0.3, 0.4) is 0 Å². The van der Waals surface area contributed by atoms with Crippen LogP contribution in [-0.4, -0.2) is 29.2 Å². The number of amides is 2. The summed E-state index contributed by atoms with van der Waals surface area (Å²) in [7, 11) is 0. The van der Waals surface area contributed by atoms with Gasteiger partial charge in [0.05, 0.1) is 6.42 Å². The fourth-order valence-corrected chi connectivity index (χ4v) is 3.00. The zero-order chi connectivity index (χ0) is 16.0. The number of hydrogen-bond donors (Lipinski definition) is 3. The van der Waals surface area contributed by atoms with E-state index in [-0.39, 0.29) is 30.0 Å². The van der Waals surface area contributed by atoms with Gasteiger partial charge < -0.3 is 15.7 Å². The van der Waals surface area contributed by atoms with Crippen molar-refractivity contribution >= 4 is 12.0 Å². The molecule has 3 unspecified atom stereocenters. The number of hydrogen-bond acceptors (Lipinski definition) is 2. The standard InChI is InChI=1S/C16H30N2O3/c1-5-11-8-6-7-9-12(11)17-15(21)18-13(10-14(19)20)16(2,3)4/h11-13H,5-10H2,1-4H3,(H,19,20)(H2,17,18,21). The molecule has 0 aromatic heterocycles. The second-order valence-corrected chi connectivity index (χ2v) is 7.19. The number of urea groups is 1. The smallest absolute Gasteiger partial charge is 0.315 e. The maximum atomic E-state index is 12.2. The topological polar surface area (TPSA) is 78.4 Å². The molecule has 3 atom stereocenters. The number of carboxylic acid groups (broad SMARTS) is 1. The Morgan fingerprint density at radius 1 is 1.24 bits per heavy atom. The summed E-state index contributed by atoms with van der Waals surface area (Å²) in [6.07, 6.45) is 5.59. The van der Waals surface area contributed by atoms with Crippen molar-refractivity contribution < 1.29 is 14.7 Å². The Balaban J connectivity index is 2.58. The van der Waals surface area contributed by atoms with Crippen LogP contribution in [0.15, 0.2) is 0 Å². The van der Waals surface area contributed by atoms with Crippen LogP contribution in [0.5, 0.6) is 0 Å². The summed E-state index contributed by atoms with van der Waals surface area (Å²) in [6, 6.07) is -0.394. The van der Waals surface area contributed by atoms with Crippen LogP contribution in [0, 0.1) is 11.3 Å². The van der Waals surface area contributed by atoms with Crippen molar-refractivity contribution in [1.82, 2.24) is 10.6 Å². The first-order valence-corrected chi connectivity index (χ1v) is 8.02. The minimum Gasteiger partial charge on any atom is -0.481 e. The molecule has 5 heteroatoms. The van der Waals surface area contributed by atoms with E-state index in [2.05, 4.69) is 17.6 Å². The quantitative estimate of drug-likeness (QED) is 0.729. The highest BCUT2D eigenvalue weighted by atomic mass is 16.4. The van der Waals surface area contributed by atoms with E-state index >= 15 is 0 Å². The number of carbonyl (C=O) groups excluding carboxylic acids is 1. The first-order chi connectivity index (χ1) is 9.74. The first-order valence-electron chi connectivity index (χ1n) is 8.02. The molecule has 0 aliphatic heterocycles. The molecule has 1 aliphatic carbocycles. The van der Waals surface area contributed by atoms with Crippen molar-refractivity contribution in [1.29, 1.82) is 0 Å². The number of aliphatic carboxylic acids is 1. The van der Waals surface area contributed by atoms with Gasteiger partial charge in [0.1, 0.15) is 0 Å². The minimum absolute atomic E-state index is 0.0568. The zero-order valence-corrected chi connectivity index (χ0v) is 13.7. The molecule has 0 aromatic rings. The third kappa shape index (κ3) is 5.94. The summed E-state index contributed by atoms with van der Waals surface area (Å²) in [4.78, 5) is 23.2. The van der Waals surface area contributed by atoms with E-state index in [1.54, 1.807) is 0 Å². The normalized spacial score (nSPS) is 24.2. The molecule has 0 heterocycles. The molecule has 2 amide bonds. The predicted molar refractivity (Wildman–Crippen MR) is 83.2 cm³/mol. The average molecular weight is 298 g/mol. The third-order valence-corrected chi connectivity index (χ3v) is 4.48. The Labute approximate surface area is 127 Å². The molecule has 122 valence electrons. The lowest BCUT2D eigenvalue weighted by atomic mass is 9.83. The maximum absolute atomic E-state index is 12.2. The number of carbonyl (C=O) groups is 2. The summed E-state index contributed by atoms with van der Waals surface area (Å²) in [6.45, 7) is 7.98. The first kappa shape index (κ1) is 17.8. The fraction of sp³-hybridized carbons (Fsp3) is 0.875. The van der Waals surface area contributed by atoms with Gasteiger partial charge in [0.15, 0.2) is 0 Å². The van der Waals surface area contributed by atoms with Gasteiger partial charge in [0, 0.05) is 12.1 Å². The Morgan fingerprint density at radius 2 is 1.86 bits per heavy atom. The maximum Gasteiger partial charge on any atom is 0.315 e. The molecule has 0 bridgehead atoms. The Kier molecular flexibility index (Phi) is 6.49. The predicted octanol–water partition coefficient (Wildman–Crippen LogP) is 3.14. The Hall–Kier alpha value is -1.26. The molecule has 5 nitrogen and oxygen atoms in total. The van der Waals surface area contributed by atoms with E-state index in [0.717, 1.165) is 19.3 Å². The Bertz CT molecular complexity index is 363. The molecule has 21 heavy (non-hydrogen) atoms. The summed E-state index contributed by atoms with van der Waals surface area (Å²) in [5.41, 5.74) is -0.285. The summed E-state index contributed by atoms with van der Waals surface area (Å²) in [5, 5.41) is 14.9. The van der Waals surface area contributed by atoms with E-state index in [1.165, 1.54) is 12.8 Å². The van der Waals surface area contributed by atoms with Crippen molar-refractivity contribution in [3.05, 3.63) is 0 Å². The van der Waals surface area contributed by atoms with E-state index in [4.69, 9.17) is 5.11 Å². The molecule has 1 aliphatic rings. The second-order valence-electron chi connectivity index (χ2n) is 7.19. The van der Waals surface area contributed by atoms with Gasteiger partial charge in [-0.25, -0.2) is 4.79 Å². The third-order valence-electron chi connectivity index (χ3n) is 4.48. The van der Waals surface area contributed by atoms with Crippen molar-refractivity contribution in [3.8, 4) is 0 Å². The van der Waals surface area contributed by atoms with E-state index in [9.17, 15) is 9.59 Å². The second kappa shape index (κ2) is 7.66. The summed E-state index contributed by atoms with van der Waals surface area (Å²) < 4.78 is 0. The fourth-order valence-electron chi connectivity index (χ4n) is 3.00. The highest BCUT2D eigenvalue weighted by molar-refractivity contribution is 5.76. The SMILES string of the molecule is CCC1CCCCC1NC(=O)NC(CC(=O)O)C(C)(C)C. The van der Waals surface area contributed by atoms with Crippen molar-refractivity contribution in [2.45, 2.75) is 78.3 Å². The lowest BCUT2D eigenvalue weighted by Gasteiger charge is -2.34. The lowest BCUT2D eigenvalue weighted by molar-refractivity contribution is -0.138. The van der Waals surface area contributed by atoms with E-state index in [1.807, 2.05) is 20.8 Å². The zero-order valence-electron chi connectivity index (χ0n) is 13.7. The van der Waals surface area contributed by atoms with Crippen LogP contribution in [0.4, 0.5) is 4.79 Å². The molecule has 1 rings (SSSR count). The van der Waals surface area contributed by atoms with Crippen LogP contribution in [0.1, 0.15) is 66.2 Å². The molecule has 0 spiro atoms. The largest absolute Gasteiger partial charge is 0.481 e. The average Bonchev–Trinajstić information content (AvgIpc) is 2.37. The van der Waals surface area contributed by atoms with Crippen molar-refractivity contribution in [2.24, 2.45) is 11.3 Å². The number of nitrogens with one attached hydrogen (secondary N) is 2. The molecular formula is C16H30N2O3. The van der Waals surface area contributed by atoms with Crippen LogP contribution in [0.2, 0.25) is 0 Å². The molecule has 1 saturated carbocycles. The minimum atomic E-state index is -0.890. The molecule has 0 radical (unpaired) electrons.